The van der Waals surface area contributed by atoms with Crippen molar-refractivity contribution in [3.63, 3.8) is 0 Å². The normalized spacial score (nSPS) is 19.8. The fourth-order valence-electron chi connectivity index (χ4n) is 1.30. The number of hydrogen-bond donors (Lipinski definition) is 0. The van der Waals surface area contributed by atoms with Crippen molar-refractivity contribution in [2.75, 3.05) is 0 Å². The van der Waals surface area contributed by atoms with Gasteiger partial charge >= 0.3 is 11.9 Å². The molecule has 5 nitrogen and oxygen atoms in total. The summed E-state index contributed by atoms with van der Waals surface area (Å²) in [6.45, 7) is 2.20. The van der Waals surface area contributed by atoms with Crippen LogP contribution in [-0.2, 0) is 23.9 Å². The van der Waals surface area contributed by atoms with Crippen molar-refractivity contribution in [1.29, 1.82) is 0 Å². The molecule has 0 aromatic rings. The Morgan fingerprint density at radius 3 is 1.85 bits per heavy atom. The average molecular weight is 184 g/mol. The Bertz CT molecular complexity index is 300. The molecule has 0 aromatic carbocycles. The molecule has 0 aliphatic carbocycles. The zero-order valence-corrected chi connectivity index (χ0v) is 7.25. The van der Waals surface area contributed by atoms with Gasteiger partial charge in [-0.1, -0.05) is 0 Å². The smallest absolute Gasteiger partial charge is 0.335 e. The first-order valence-electron chi connectivity index (χ1n) is 3.68. The van der Waals surface area contributed by atoms with Gasteiger partial charge in [0.25, 0.3) is 0 Å². The van der Waals surface area contributed by atoms with E-state index in [0.717, 1.165) is 13.8 Å². The van der Waals surface area contributed by atoms with Crippen LogP contribution < -0.4 is 0 Å². The molecule has 1 rings (SSSR count). The first kappa shape index (κ1) is 9.57. The summed E-state index contributed by atoms with van der Waals surface area (Å²) in [6.07, 6.45) is -0.462. The minimum atomic E-state index is -1.86. The lowest BCUT2D eigenvalue weighted by Crippen LogP contribution is -2.40. The summed E-state index contributed by atoms with van der Waals surface area (Å²) in [5.74, 6) is -3.15. The first-order chi connectivity index (χ1) is 5.91. The molecule has 13 heavy (non-hydrogen) atoms. The van der Waals surface area contributed by atoms with E-state index in [4.69, 9.17) is 0 Å². The molecule has 1 aliphatic rings. The number of carbonyl (C=O) groups is 4. The van der Waals surface area contributed by atoms with E-state index in [1.807, 2.05) is 0 Å². The number of Topliss-reactive ketones (excluding diaryl/α,β-unsaturated/α-hetero) is 2. The van der Waals surface area contributed by atoms with E-state index in [2.05, 4.69) is 4.74 Å². The zero-order valence-electron chi connectivity index (χ0n) is 7.25. The average Bonchev–Trinajstić information content (AvgIpc) is 2.26. The van der Waals surface area contributed by atoms with Crippen LogP contribution >= 0.6 is 0 Å². The lowest BCUT2D eigenvalue weighted by atomic mass is 9.79. The Morgan fingerprint density at radius 1 is 1.23 bits per heavy atom. The molecule has 0 atom stereocenters. The van der Waals surface area contributed by atoms with Crippen LogP contribution in [0.2, 0.25) is 0 Å². The molecule has 0 bridgehead atoms. The van der Waals surface area contributed by atoms with E-state index in [1.165, 1.54) is 0 Å². The van der Waals surface area contributed by atoms with E-state index in [0.29, 0.717) is 0 Å². The van der Waals surface area contributed by atoms with E-state index in [-0.39, 0.29) is 0 Å². The van der Waals surface area contributed by atoms with Crippen LogP contribution in [-0.4, -0.2) is 23.5 Å². The van der Waals surface area contributed by atoms with Gasteiger partial charge in [-0.3, -0.25) is 14.4 Å². The maximum absolute atomic E-state index is 11.1. The molecule has 1 fully saturated rings. The van der Waals surface area contributed by atoms with Gasteiger partial charge < -0.3 is 4.74 Å². The Hall–Kier alpha value is -1.52. The highest BCUT2D eigenvalue weighted by Crippen LogP contribution is 2.32. The van der Waals surface area contributed by atoms with Crippen LogP contribution in [0.4, 0.5) is 0 Å². The zero-order chi connectivity index (χ0) is 10.2. The van der Waals surface area contributed by atoms with Gasteiger partial charge in [-0.2, -0.15) is 0 Å². The van der Waals surface area contributed by atoms with Crippen molar-refractivity contribution in [1.82, 2.24) is 0 Å². The molecule has 0 unspecified atom stereocenters. The molecule has 0 aromatic heterocycles. The highest BCUT2D eigenvalue weighted by molar-refractivity contribution is 6.26. The fraction of sp³-hybridized carbons (Fsp3) is 0.500. The molecule has 0 spiro atoms. The second-order valence-electron chi connectivity index (χ2n) is 2.96. The van der Waals surface area contributed by atoms with E-state index < -0.39 is 35.3 Å². The molecule has 1 heterocycles. The van der Waals surface area contributed by atoms with Gasteiger partial charge in [-0.15, -0.1) is 0 Å². The molecule has 0 saturated carbocycles. The van der Waals surface area contributed by atoms with E-state index >= 15 is 0 Å². The van der Waals surface area contributed by atoms with E-state index in [9.17, 15) is 19.2 Å². The molecular weight excluding hydrogens is 176 g/mol. The Labute approximate surface area is 74.0 Å². The topological polar surface area (TPSA) is 77.5 Å². The third kappa shape index (κ3) is 1.16. The standard InChI is InChI=1S/C8H8O5/c1-4(9)8(5(2)10)3-6(11)13-7(8)12/h3H2,1-2H3. The van der Waals surface area contributed by atoms with Crippen LogP contribution in [0.5, 0.6) is 0 Å². The van der Waals surface area contributed by atoms with Crippen LogP contribution in [0, 0.1) is 5.41 Å². The highest BCUT2D eigenvalue weighted by atomic mass is 16.6. The quantitative estimate of drug-likeness (QED) is 0.432. The summed E-state index contributed by atoms with van der Waals surface area (Å²) in [7, 11) is 0. The number of cyclic esters (lactones) is 2. The van der Waals surface area contributed by atoms with Crippen molar-refractivity contribution >= 4 is 23.5 Å². The fourth-order valence-corrected chi connectivity index (χ4v) is 1.30. The predicted molar refractivity (Wildman–Crippen MR) is 39.5 cm³/mol. The maximum atomic E-state index is 11.1. The van der Waals surface area contributed by atoms with Crippen molar-refractivity contribution in [3.8, 4) is 0 Å². The monoisotopic (exact) mass is 184 g/mol. The number of ether oxygens (including phenoxy) is 1. The molecule has 1 aliphatic heterocycles. The van der Waals surface area contributed by atoms with Crippen LogP contribution in [0.1, 0.15) is 20.3 Å². The van der Waals surface area contributed by atoms with Gasteiger partial charge in [0.1, 0.15) is 0 Å². The van der Waals surface area contributed by atoms with Gasteiger partial charge in [0.05, 0.1) is 6.42 Å². The van der Waals surface area contributed by atoms with Crippen molar-refractivity contribution < 1.29 is 23.9 Å². The summed E-state index contributed by atoms with van der Waals surface area (Å²) in [4.78, 5) is 44.0. The van der Waals surface area contributed by atoms with Gasteiger partial charge in [0, 0.05) is 0 Å². The number of rotatable bonds is 2. The van der Waals surface area contributed by atoms with Crippen molar-refractivity contribution in [2.24, 2.45) is 5.41 Å². The molecule has 5 heteroatoms. The summed E-state index contributed by atoms with van der Waals surface area (Å²) >= 11 is 0. The van der Waals surface area contributed by atoms with Gasteiger partial charge in [-0.25, -0.2) is 4.79 Å². The second kappa shape index (κ2) is 2.76. The summed E-state index contributed by atoms with van der Waals surface area (Å²) in [5, 5.41) is 0. The second-order valence-corrected chi connectivity index (χ2v) is 2.96. The maximum Gasteiger partial charge on any atom is 0.335 e. The Balaban J connectivity index is 3.20. The van der Waals surface area contributed by atoms with E-state index in [1.54, 1.807) is 0 Å². The number of hydrogen-bond acceptors (Lipinski definition) is 5. The third-order valence-corrected chi connectivity index (χ3v) is 2.17. The minimum absolute atomic E-state index is 0.462. The number of esters is 2. The lowest BCUT2D eigenvalue weighted by molar-refractivity contribution is -0.157. The molecular formula is C8H8O5. The largest absolute Gasteiger partial charge is 0.392 e. The van der Waals surface area contributed by atoms with Crippen LogP contribution in [0.15, 0.2) is 0 Å². The third-order valence-electron chi connectivity index (χ3n) is 2.17. The first-order valence-corrected chi connectivity index (χ1v) is 3.68. The van der Waals surface area contributed by atoms with Crippen molar-refractivity contribution in [3.05, 3.63) is 0 Å². The van der Waals surface area contributed by atoms with Gasteiger partial charge in [-0.05, 0) is 13.8 Å². The van der Waals surface area contributed by atoms with Gasteiger partial charge in [0.15, 0.2) is 17.0 Å². The van der Waals surface area contributed by atoms with Crippen LogP contribution in [0.25, 0.3) is 0 Å². The minimum Gasteiger partial charge on any atom is -0.392 e. The summed E-state index contributed by atoms with van der Waals surface area (Å²) in [6, 6.07) is 0. The molecule has 0 amide bonds. The molecule has 0 radical (unpaired) electrons. The SMILES string of the molecule is CC(=O)C1(C(C)=O)CC(=O)OC1=O. The highest BCUT2D eigenvalue weighted by Gasteiger charge is 2.56. The number of ketones is 2. The van der Waals surface area contributed by atoms with Crippen molar-refractivity contribution in [2.45, 2.75) is 20.3 Å². The molecule has 0 N–H and O–H groups in total. The Kier molecular flexibility index (Phi) is 2.03. The number of carbonyl (C=O) groups excluding carboxylic acids is 4. The van der Waals surface area contributed by atoms with Crippen LogP contribution in [0.3, 0.4) is 0 Å². The predicted octanol–water partition coefficient (Wildman–Crippen LogP) is -0.376. The molecule has 70 valence electrons. The lowest BCUT2D eigenvalue weighted by Gasteiger charge is -2.15. The Morgan fingerprint density at radius 2 is 1.69 bits per heavy atom. The molecule has 1 saturated heterocycles. The van der Waals surface area contributed by atoms with Gasteiger partial charge in [0.2, 0.25) is 0 Å². The summed E-state index contributed by atoms with van der Waals surface area (Å²) in [5.41, 5.74) is -1.86. The summed E-state index contributed by atoms with van der Waals surface area (Å²) < 4.78 is 4.18.